The van der Waals surface area contributed by atoms with Crippen LogP contribution in [0.2, 0.25) is 0 Å². The maximum atomic E-state index is 14.5. The number of imidazole rings is 2. The lowest BCUT2D eigenvalue weighted by atomic mass is 10.1. The molecule has 38 heteroatoms. The van der Waals surface area contributed by atoms with E-state index in [0.717, 1.165) is 162 Å². The van der Waals surface area contributed by atoms with Gasteiger partial charge in [0.15, 0.2) is 0 Å². The van der Waals surface area contributed by atoms with Crippen LogP contribution in [0.5, 0.6) is 34.5 Å². The summed E-state index contributed by atoms with van der Waals surface area (Å²) in [6.07, 6.45) is 34.0. The van der Waals surface area contributed by atoms with Crippen molar-refractivity contribution in [3.05, 3.63) is 280 Å². The molecule has 11 heterocycles. The molecule has 10 aromatic heterocycles. The molecule has 0 unspecified atom stereocenters. The molecular formula is C104H112FN27O9S. The Morgan fingerprint density at radius 2 is 0.782 bits per heavy atom. The molecule has 1 aliphatic heterocycles. The maximum absolute atomic E-state index is 14.5. The van der Waals surface area contributed by atoms with Crippen LogP contribution in [0.15, 0.2) is 257 Å². The number of carbonyl (C=O) groups excluding carboxylic acids is 1. The number of halogens is 1. The number of aromatic nitrogens is 20. The van der Waals surface area contributed by atoms with Crippen LogP contribution in [0.1, 0.15) is 56.1 Å². The standard InChI is InChI=1S/C27H29N7O4S.C27H30N6O2.C25H28FN7O.C25H25N7O2/c1-18(2)39(35,36)34-9-8-28-27(34)17-33(21-10-22(37-4)13-23(11-21)38-5)20-6-7-24-25(12-20)31-26(15-29-24)19-14-30-32(3)16-19;1-31-19-20(17-29-31)27-18-28-25-8-7-21(15-26(25)30-27)33(12-11-32-9-5-4-6-10-32)22-13-23(34-2)16-24(14-22)35-3;1-16(2)28-7-8-33(21-10-17(25(34)27-3)9-19(26)11-21)20-5-6-22-23(12-20)31-24(14-29-22)18-13-30-32(4)15-18;1-30-8-7-26-25(30)16-32(19-9-20(33-3)12-21(10-19)34-4)18-5-6-22-23(11-18)29-24(14-27-22)17-13-28-31(2)15-17/h6-16,18H,17H2,1-5H3;4-5,7-8,13-19H,6,9-12H2,1-3H3;5-6,9-16,28H,7-8H2,1-4H3,(H,27,34);5-15H,16H2,1-4H3. The summed E-state index contributed by atoms with van der Waals surface area (Å²) in [4.78, 5) is 69.7. The Hall–Kier alpha value is -16.6. The minimum absolute atomic E-state index is 0.149. The third-order valence-electron chi connectivity index (χ3n) is 23.7. The molecule has 142 heavy (non-hydrogen) atoms. The number of hydrogen-bond acceptors (Lipinski definition) is 29. The summed E-state index contributed by atoms with van der Waals surface area (Å²) in [5.74, 6) is 4.56. The number of methoxy groups -OCH3 is 6. The largest absolute Gasteiger partial charge is 0.497 e. The van der Waals surface area contributed by atoms with Crippen LogP contribution in [0, 0.1) is 5.82 Å². The van der Waals surface area contributed by atoms with E-state index >= 15 is 0 Å². The van der Waals surface area contributed by atoms with E-state index in [1.807, 2.05) is 196 Å². The Morgan fingerprint density at radius 1 is 0.415 bits per heavy atom. The number of hydrogen-bond donors (Lipinski definition) is 2. The van der Waals surface area contributed by atoms with Gasteiger partial charge in [-0.3, -0.25) is 48.4 Å². The van der Waals surface area contributed by atoms with Crippen LogP contribution in [0.25, 0.3) is 89.2 Å². The van der Waals surface area contributed by atoms with Gasteiger partial charge >= 0.3 is 0 Å². The molecular weight excluding hydrogens is 1820 g/mol. The molecule has 36 nitrogen and oxygen atoms in total. The van der Waals surface area contributed by atoms with Crippen LogP contribution in [0.4, 0.5) is 49.9 Å². The number of fused-ring (bicyclic) bond motifs is 4. The van der Waals surface area contributed by atoms with Crippen LogP contribution in [0.3, 0.4) is 0 Å². The van der Waals surface area contributed by atoms with Crippen molar-refractivity contribution in [2.24, 2.45) is 35.2 Å². The normalized spacial score (nSPS) is 12.0. The second kappa shape index (κ2) is 44.5. The molecule has 18 aromatic rings. The average Bonchev–Trinajstić information content (AvgIpc) is 1.36. The topological polar surface area (TPSA) is 357 Å². The quantitative estimate of drug-likeness (QED) is 0.0370. The van der Waals surface area contributed by atoms with Gasteiger partial charge < -0.3 is 63.2 Å². The molecule has 1 aliphatic rings. The number of carbonyl (C=O) groups is 1. The van der Waals surface area contributed by atoms with Gasteiger partial charge in [-0.15, -0.1) is 0 Å². The van der Waals surface area contributed by atoms with E-state index in [0.29, 0.717) is 76.9 Å². The van der Waals surface area contributed by atoms with E-state index in [1.165, 1.54) is 35.5 Å². The van der Waals surface area contributed by atoms with Gasteiger partial charge in [0.2, 0.25) is 10.0 Å². The monoisotopic (exact) mass is 1930 g/mol. The van der Waals surface area contributed by atoms with Gasteiger partial charge in [-0.05, 0) is 111 Å². The highest BCUT2D eigenvalue weighted by Crippen LogP contribution is 2.41. The number of anilines is 8. The van der Waals surface area contributed by atoms with Gasteiger partial charge in [0.05, 0.1) is 177 Å². The van der Waals surface area contributed by atoms with E-state index < -0.39 is 21.1 Å². The van der Waals surface area contributed by atoms with E-state index in [4.69, 9.17) is 48.4 Å². The summed E-state index contributed by atoms with van der Waals surface area (Å²) >= 11 is 0. The molecule has 0 aliphatic carbocycles. The van der Waals surface area contributed by atoms with Crippen molar-refractivity contribution >= 4 is 106 Å². The first-order valence-corrected chi connectivity index (χ1v) is 47.4. The Labute approximate surface area is 821 Å². The second-order valence-corrected chi connectivity index (χ2v) is 36.5. The minimum Gasteiger partial charge on any atom is -0.497 e. The Morgan fingerprint density at radius 3 is 1.13 bits per heavy atom. The highest BCUT2D eigenvalue weighted by Gasteiger charge is 2.27. The van der Waals surface area contributed by atoms with Crippen molar-refractivity contribution < 1.29 is 46.0 Å². The molecule has 0 bridgehead atoms. The molecule has 0 radical (unpaired) electrons. The summed E-state index contributed by atoms with van der Waals surface area (Å²) in [7, 11) is 17.2. The fourth-order valence-corrected chi connectivity index (χ4v) is 17.2. The van der Waals surface area contributed by atoms with Gasteiger partial charge in [0.1, 0.15) is 52.0 Å². The zero-order chi connectivity index (χ0) is 99.8. The predicted molar refractivity (Wildman–Crippen MR) is 549 cm³/mol. The first-order chi connectivity index (χ1) is 68.7. The van der Waals surface area contributed by atoms with Crippen molar-refractivity contribution in [3.63, 3.8) is 0 Å². The van der Waals surface area contributed by atoms with Crippen molar-refractivity contribution in [1.29, 1.82) is 0 Å². The molecule has 2 N–H and O–H groups in total. The van der Waals surface area contributed by atoms with Gasteiger partial charge in [0, 0.05) is 265 Å². The zero-order valence-corrected chi connectivity index (χ0v) is 82.7. The number of nitrogens with zero attached hydrogens (tertiary/aromatic N) is 25. The van der Waals surface area contributed by atoms with Crippen LogP contribution in [-0.2, 0) is 58.4 Å². The van der Waals surface area contributed by atoms with Crippen molar-refractivity contribution in [2.75, 3.05) is 109 Å². The lowest BCUT2D eigenvalue weighted by Crippen LogP contribution is -2.35. The third-order valence-corrected chi connectivity index (χ3v) is 25.8. The van der Waals surface area contributed by atoms with Gasteiger partial charge in [0.25, 0.3) is 5.91 Å². The van der Waals surface area contributed by atoms with Gasteiger partial charge in [-0.1, -0.05) is 26.0 Å². The number of rotatable bonds is 32. The molecule has 0 saturated carbocycles. The fraction of sp³-hybridized carbons (Fsp3) is 0.260. The predicted octanol–water partition coefficient (Wildman–Crippen LogP) is 16.4. The molecule has 1 amide bonds. The molecule has 730 valence electrons. The third kappa shape index (κ3) is 23.5. The van der Waals surface area contributed by atoms with Crippen molar-refractivity contribution in [3.8, 4) is 79.5 Å². The van der Waals surface area contributed by atoms with Crippen LogP contribution in [-0.4, -0.2) is 217 Å². The first kappa shape index (κ1) is 98.4. The van der Waals surface area contributed by atoms with E-state index in [2.05, 4.69) is 114 Å². The average molecular weight is 1940 g/mol. The summed E-state index contributed by atoms with van der Waals surface area (Å²) in [5, 5.41) is 22.3. The van der Waals surface area contributed by atoms with Crippen molar-refractivity contribution in [2.45, 2.75) is 58.5 Å². The van der Waals surface area contributed by atoms with Gasteiger partial charge in [-0.25, -0.2) is 46.7 Å². The number of amides is 1. The highest BCUT2D eigenvalue weighted by molar-refractivity contribution is 7.90. The number of benzene rings is 8. The number of nitrogens with one attached hydrogen (secondary N) is 2. The summed E-state index contributed by atoms with van der Waals surface area (Å²) < 4.78 is 84.0. The molecule has 19 rings (SSSR count). The SMILES string of the molecule is CNC(=O)c1cc(F)cc(N(CCNC(C)C)c2ccc3ncc(-c4cnn(C)c4)nc3c2)c1.COc1cc(OC)cc(N(CCN2CC=CCC2)c2ccc3ncc(-c4cnn(C)c4)nc3c2)c1.COc1cc(OC)cc(N(Cc2nccn2C)c2ccc3ncc(-c4cnn(C)c4)nc3c2)c1.COc1cc(OC)cc(N(Cc2nccn2S(=O)(=O)C(C)C)c2ccc3ncc(-c4cnn(C)c4)nc3c2)c1. The molecule has 0 atom stereocenters. The minimum atomic E-state index is -3.62. The number of aryl methyl sites for hydroxylation is 5. The summed E-state index contributed by atoms with van der Waals surface area (Å²) in [6.45, 7) is 13.2. The highest BCUT2D eigenvalue weighted by atomic mass is 32.2. The lowest BCUT2D eigenvalue weighted by Gasteiger charge is -2.30. The van der Waals surface area contributed by atoms with E-state index in [9.17, 15) is 17.6 Å². The fourth-order valence-electron chi connectivity index (χ4n) is 16.1. The zero-order valence-electron chi connectivity index (χ0n) is 81.9. The Balaban J connectivity index is 0.000000136. The second-order valence-electron chi connectivity index (χ2n) is 34.1. The van der Waals surface area contributed by atoms with Crippen LogP contribution < -0.4 is 58.7 Å². The van der Waals surface area contributed by atoms with E-state index in [-0.39, 0.29) is 18.0 Å². The molecule has 0 fully saturated rings. The Kier molecular flexibility index (Phi) is 30.8. The molecule has 0 spiro atoms. The number of ether oxygens (including phenoxy) is 6. The first-order valence-electron chi connectivity index (χ1n) is 45.9. The van der Waals surface area contributed by atoms with E-state index in [1.54, 1.807) is 137 Å². The lowest BCUT2D eigenvalue weighted by molar-refractivity contribution is 0.0962. The maximum Gasteiger partial charge on any atom is 0.251 e. The smallest absolute Gasteiger partial charge is 0.251 e. The van der Waals surface area contributed by atoms with Crippen LogP contribution >= 0.6 is 0 Å². The molecule has 8 aromatic carbocycles. The molecule has 0 saturated heterocycles. The van der Waals surface area contributed by atoms with Crippen molar-refractivity contribution in [1.82, 2.24) is 113 Å². The summed E-state index contributed by atoms with van der Waals surface area (Å²) in [6, 6.07) is 45.7. The van der Waals surface area contributed by atoms with Gasteiger partial charge in [-0.2, -0.15) is 20.4 Å². The Bertz CT molecular complexity index is 7580. The summed E-state index contributed by atoms with van der Waals surface area (Å²) in [5.41, 5.74) is 19.8.